The molecule has 5 nitrogen and oxygen atoms in total. The molecule has 1 saturated heterocycles. The number of methoxy groups -OCH3 is 1. The number of hydrogen-bond donors (Lipinski definition) is 1. The summed E-state index contributed by atoms with van der Waals surface area (Å²) >= 11 is 5.63. The lowest BCUT2D eigenvalue weighted by molar-refractivity contribution is 0.320. The predicted molar refractivity (Wildman–Crippen MR) is 110 cm³/mol. The van der Waals surface area contributed by atoms with Crippen molar-refractivity contribution in [2.45, 2.75) is 19.0 Å². The zero-order valence-electron chi connectivity index (χ0n) is 15.4. The highest BCUT2D eigenvalue weighted by Gasteiger charge is 2.40. The minimum atomic E-state index is -0.0120. The SMILES string of the molecule is CCN1C(=S)N[C@@H](c2ccccn2)[C@H]1c1cccn1-c1ccccc1OC. The van der Waals surface area contributed by atoms with E-state index >= 15 is 0 Å². The first-order valence-electron chi connectivity index (χ1n) is 9.03. The van der Waals surface area contributed by atoms with Crippen LogP contribution in [0.2, 0.25) is 0 Å². The molecule has 0 bridgehead atoms. The van der Waals surface area contributed by atoms with Gasteiger partial charge in [0.15, 0.2) is 5.11 Å². The van der Waals surface area contributed by atoms with E-state index in [-0.39, 0.29) is 12.1 Å². The van der Waals surface area contributed by atoms with Crippen molar-refractivity contribution in [3.8, 4) is 11.4 Å². The predicted octanol–water partition coefficient (Wildman–Crippen LogP) is 3.87. The molecular weight excluding hydrogens is 356 g/mol. The summed E-state index contributed by atoms with van der Waals surface area (Å²) in [6.45, 7) is 2.94. The normalized spacial score (nSPS) is 19.2. The molecule has 2 aromatic heterocycles. The number of benzene rings is 1. The molecule has 1 N–H and O–H groups in total. The van der Waals surface area contributed by atoms with Gasteiger partial charge in [0.05, 0.1) is 30.6 Å². The van der Waals surface area contributed by atoms with Crippen LogP contribution in [0, 0.1) is 0 Å². The van der Waals surface area contributed by atoms with E-state index in [2.05, 4.69) is 51.1 Å². The van der Waals surface area contributed by atoms with Crippen molar-refractivity contribution in [3.05, 3.63) is 78.4 Å². The lowest BCUT2D eigenvalue weighted by atomic mass is 10.0. The molecule has 4 rings (SSSR count). The van der Waals surface area contributed by atoms with Crippen molar-refractivity contribution in [1.29, 1.82) is 0 Å². The summed E-state index contributed by atoms with van der Waals surface area (Å²) in [7, 11) is 1.70. The number of aromatic nitrogens is 2. The van der Waals surface area contributed by atoms with E-state index in [1.54, 1.807) is 7.11 Å². The third kappa shape index (κ3) is 3.06. The maximum Gasteiger partial charge on any atom is 0.170 e. The molecule has 3 heterocycles. The van der Waals surface area contributed by atoms with E-state index in [1.807, 2.05) is 42.6 Å². The van der Waals surface area contributed by atoms with Crippen molar-refractivity contribution in [2.24, 2.45) is 0 Å². The summed E-state index contributed by atoms with van der Waals surface area (Å²) in [6, 6.07) is 18.3. The molecule has 0 radical (unpaired) electrons. The number of nitrogens with zero attached hydrogens (tertiary/aromatic N) is 3. The highest BCUT2D eigenvalue weighted by atomic mass is 32.1. The first-order valence-corrected chi connectivity index (χ1v) is 9.44. The highest BCUT2D eigenvalue weighted by Crippen LogP contribution is 2.40. The Labute approximate surface area is 164 Å². The molecule has 1 aliphatic rings. The molecule has 27 heavy (non-hydrogen) atoms. The lowest BCUT2D eigenvalue weighted by Crippen LogP contribution is -2.30. The van der Waals surface area contributed by atoms with Gasteiger partial charge < -0.3 is 19.5 Å². The first-order chi connectivity index (χ1) is 13.2. The fourth-order valence-corrected chi connectivity index (χ4v) is 4.12. The molecule has 138 valence electrons. The molecule has 0 aliphatic carbocycles. The Kier molecular flexibility index (Phi) is 4.81. The van der Waals surface area contributed by atoms with Gasteiger partial charge in [-0.1, -0.05) is 18.2 Å². The monoisotopic (exact) mass is 378 g/mol. The van der Waals surface area contributed by atoms with Crippen LogP contribution < -0.4 is 10.1 Å². The van der Waals surface area contributed by atoms with Crippen LogP contribution in [0.4, 0.5) is 0 Å². The van der Waals surface area contributed by atoms with E-state index < -0.39 is 0 Å². The van der Waals surface area contributed by atoms with Crippen molar-refractivity contribution < 1.29 is 4.74 Å². The lowest BCUT2D eigenvalue weighted by Gasteiger charge is -2.28. The molecule has 1 fully saturated rings. The standard InChI is InChI=1S/C21H22N4OS/c1-3-24-20(19(23-21(24)27)15-9-6-7-13-22-15)17-11-8-14-25(17)16-10-4-5-12-18(16)26-2/h4-14,19-20H,3H2,1-2H3,(H,23,27)/t19-,20+/m0/s1. The zero-order chi connectivity index (χ0) is 18.8. The van der Waals surface area contributed by atoms with Crippen LogP contribution in [0.15, 0.2) is 67.0 Å². The van der Waals surface area contributed by atoms with Gasteiger partial charge in [-0.05, 0) is 55.5 Å². The fraction of sp³-hybridized carbons (Fsp3) is 0.238. The van der Waals surface area contributed by atoms with E-state index in [9.17, 15) is 0 Å². The smallest absolute Gasteiger partial charge is 0.170 e. The fourth-order valence-electron chi connectivity index (χ4n) is 3.75. The Morgan fingerprint density at radius 1 is 1.11 bits per heavy atom. The molecule has 0 amide bonds. The van der Waals surface area contributed by atoms with Crippen LogP contribution in [0.25, 0.3) is 5.69 Å². The van der Waals surface area contributed by atoms with Gasteiger partial charge in [0, 0.05) is 24.6 Å². The van der Waals surface area contributed by atoms with E-state index in [4.69, 9.17) is 17.0 Å². The molecular formula is C21H22N4OS. The molecule has 0 spiro atoms. The Morgan fingerprint density at radius 2 is 1.93 bits per heavy atom. The third-order valence-electron chi connectivity index (χ3n) is 4.97. The number of rotatable bonds is 5. The molecule has 1 aliphatic heterocycles. The van der Waals surface area contributed by atoms with Crippen LogP contribution in [-0.4, -0.2) is 33.2 Å². The van der Waals surface area contributed by atoms with Crippen LogP contribution >= 0.6 is 12.2 Å². The molecule has 2 atom stereocenters. The first kappa shape index (κ1) is 17.5. The van der Waals surface area contributed by atoms with Gasteiger partial charge in [-0.25, -0.2) is 0 Å². The number of pyridine rings is 1. The second-order valence-corrected chi connectivity index (χ2v) is 6.77. The van der Waals surface area contributed by atoms with Crippen LogP contribution in [0.1, 0.15) is 30.4 Å². The molecule has 6 heteroatoms. The molecule has 0 unspecified atom stereocenters. The van der Waals surface area contributed by atoms with Crippen molar-refractivity contribution in [2.75, 3.05) is 13.7 Å². The second-order valence-electron chi connectivity index (χ2n) is 6.39. The number of para-hydroxylation sites is 2. The van der Waals surface area contributed by atoms with Crippen LogP contribution in [-0.2, 0) is 0 Å². The topological polar surface area (TPSA) is 42.3 Å². The van der Waals surface area contributed by atoms with Gasteiger partial charge in [-0.3, -0.25) is 4.98 Å². The Balaban J connectivity index is 1.83. The van der Waals surface area contributed by atoms with Crippen LogP contribution in [0.5, 0.6) is 5.75 Å². The molecule has 0 saturated carbocycles. The van der Waals surface area contributed by atoms with Gasteiger partial charge in [-0.15, -0.1) is 0 Å². The van der Waals surface area contributed by atoms with Gasteiger partial charge in [-0.2, -0.15) is 0 Å². The maximum atomic E-state index is 5.63. The summed E-state index contributed by atoms with van der Waals surface area (Å²) in [5.74, 6) is 0.834. The highest BCUT2D eigenvalue weighted by molar-refractivity contribution is 7.80. The summed E-state index contributed by atoms with van der Waals surface area (Å²) in [6.07, 6.45) is 3.89. The van der Waals surface area contributed by atoms with Crippen molar-refractivity contribution in [1.82, 2.24) is 19.8 Å². The minimum absolute atomic E-state index is 0.0120. The van der Waals surface area contributed by atoms with Gasteiger partial charge in [0.2, 0.25) is 0 Å². The summed E-state index contributed by atoms with van der Waals surface area (Å²) < 4.78 is 7.76. The Morgan fingerprint density at radius 3 is 2.67 bits per heavy atom. The maximum absolute atomic E-state index is 5.63. The number of likely N-dealkylation sites (N-methyl/N-ethyl adjacent to an activating group) is 1. The van der Waals surface area contributed by atoms with Crippen molar-refractivity contribution in [3.63, 3.8) is 0 Å². The van der Waals surface area contributed by atoms with Crippen LogP contribution in [0.3, 0.4) is 0 Å². The largest absolute Gasteiger partial charge is 0.495 e. The summed E-state index contributed by atoms with van der Waals surface area (Å²) in [4.78, 5) is 6.80. The average Bonchev–Trinajstić information content (AvgIpc) is 3.32. The number of thiocarbonyl (C=S) groups is 1. The average molecular weight is 379 g/mol. The Hall–Kier alpha value is -2.86. The summed E-state index contributed by atoms with van der Waals surface area (Å²) in [5, 5.41) is 4.22. The molecule has 1 aromatic carbocycles. The number of ether oxygens (including phenoxy) is 1. The number of nitrogens with one attached hydrogen (secondary N) is 1. The Bertz CT molecular complexity index is 940. The quantitative estimate of drug-likeness (QED) is 0.683. The zero-order valence-corrected chi connectivity index (χ0v) is 16.2. The van der Waals surface area contributed by atoms with E-state index in [1.165, 1.54) is 0 Å². The van der Waals surface area contributed by atoms with Crippen molar-refractivity contribution >= 4 is 17.3 Å². The van der Waals surface area contributed by atoms with Gasteiger partial charge in [0.25, 0.3) is 0 Å². The summed E-state index contributed by atoms with van der Waals surface area (Å²) in [5.41, 5.74) is 3.13. The van der Waals surface area contributed by atoms with E-state index in [0.29, 0.717) is 0 Å². The van der Waals surface area contributed by atoms with Gasteiger partial charge >= 0.3 is 0 Å². The number of hydrogen-bond acceptors (Lipinski definition) is 3. The van der Waals surface area contributed by atoms with E-state index in [0.717, 1.165) is 34.5 Å². The molecule has 3 aromatic rings. The third-order valence-corrected chi connectivity index (χ3v) is 5.32. The minimum Gasteiger partial charge on any atom is -0.495 e. The second kappa shape index (κ2) is 7.40. The van der Waals surface area contributed by atoms with Gasteiger partial charge in [0.1, 0.15) is 5.75 Å².